The molecule has 0 saturated heterocycles. The van der Waals surface area contributed by atoms with Gasteiger partial charge in [0.15, 0.2) is 5.75 Å². The highest BCUT2D eigenvalue weighted by molar-refractivity contribution is 5.70. The van der Waals surface area contributed by atoms with Crippen LogP contribution in [0.3, 0.4) is 0 Å². The summed E-state index contributed by atoms with van der Waals surface area (Å²) in [6, 6.07) is 3.59. The minimum absolute atomic E-state index is 0.0301. The van der Waals surface area contributed by atoms with E-state index in [0.29, 0.717) is 24.8 Å². The highest BCUT2D eigenvalue weighted by Gasteiger charge is 2.21. The largest absolute Gasteiger partial charge is 0.493 e. The molecule has 0 amide bonds. The molecule has 0 aliphatic carbocycles. The van der Waals surface area contributed by atoms with Gasteiger partial charge in [0.05, 0.1) is 37.4 Å². The summed E-state index contributed by atoms with van der Waals surface area (Å²) in [5.41, 5.74) is 2.67. The molecule has 20 heavy (non-hydrogen) atoms. The molecule has 0 aromatic carbocycles. The first-order valence-corrected chi connectivity index (χ1v) is 6.29. The van der Waals surface area contributed by atoms with Gasteiger partial charge in [0, 0.05) is 11.6 Å². The second kappa shape index (κ2) is 4.88. The molecular weight excluding hydrogens is 258 g/mol. The van der Waals surface area contributed by atoms with E-state index in [1.165, 1.54) is 6.20 Å². The maximum absolute atomic E-state index is 9.56. The third-order valence-electron chi connectivity index (χ3n) is 3.22. The molecule has 0 bridgehead atoms. The number of hydrogen-bond donors (Lipinski definition) is 1. The van der Waals surface area contributed by atoms with Gasteiger partial charge in [0.1, 0.15) is 6.61 Å². The fraction of sp³-hybridized carbons (Fsp3) is 0.286. The minimum Gasteiger partial charge on any atom is -0.493 e. The van der Waals surface area contributed by atoms with Gasteiger partial charge < -0.3 is 19.5 Å². The lowest BCUT2D eigenvalue weighted by molar-refractivity contribution is 0.311. The van der Waals surface area contributed by atoms with E-state index in [9.17, 15) is 5.11 Å². The number of methoxy groups -OCH3 is 1. The number of anilines is 2. The van der Waals surface area contributed by atoms with Crippen LogP contribution in [-0.4, -0.2) is 35.3 Å². The summed E-state index contributed by atoms with van der Waals surface area (Å²) in [7, 11) is 1.60. The smallest absolute Gasteiger partial charge is 0.216 e. The molecule has 2 aromatic rings. The van der Waals surface area contributed by atoms with Crippen molar-refractivity contribution in [3.05, 3.63) is 30.1 Å². The van der Waals surface area contributed by atoms with Crippen molar-refractivity contribution in [2.75, 3.05) is 25.2 Å². The monoisotopic (exact) mass is 273 g/mol. The van der Waals surface area contributed by atoms with Crippen LogP contribution in [0.2, 0.25) is 0 Å². The standard InChI is InChI=1S/C14H15N3O3/c1-9-5-10(7-16-14(9)19-2)17-3-4-20-12-8-15-13(18)6-11(12)17/h5-8H,3-4H2,1-2H3,(H,15,18). The van der Waals surface area contributed by atoms with Gasteiger partial charge in [-0.2, -0.15) is 0 Å². The average molecular weight is 273 g/mol. The van der Waals surface area contributed by atoms with Crippen molar-refractivity contribution in [3.8, 4) is 17.5 Å². The van der Waals surface area contributed by atoms with Gasteiger partial charge in [0.25, 0.3) is 0 Å². The number of rotatable bonds is 2. The predicted octanol–water partition coefficient (Wildman–Crippen LogP) is 2.03. The average Bonchev–Trinajstić information content (AvgIpc) is 2.46. The fourth-order valence-corrected chi connectivity index (χ4v) is 2.29. The fourth-order valence-electron chi connectivity index (χ4n) is 2.29. The lowest BCUT2D eigenvalue weighted by Crippen LogP contribution is -2.28. The highest BCUT2D eigenvalue weighted by atomic mass is 16.5. The molecule has 0 unspecified atom stereocenters. The maximum atomic E-state index is 9.56. The number of aromatic nitrogens is 2. The first kappa shape index (κ1) is 12.5. The van der Waals surface area contributed by atoms with Crippen LogP contribution in [0, 0.1) is 6.92 Å². The van der Waals surface area contributed by atoms with Gasteiger partial charge in [0.2, 0.25) is 11.8 Å². The predicted molar refractivity (Wildman–Crippen MR) is 73.9 cm³/mol. The Labute approximate surface area is 116 Å². The molecule has 0 atom stereocenters. The van der Waals surface area contributed by atoms with Crippen molar-refractivity contribution in [2.24, 2.45) is 0 Å². The van der Waals surface area contributed by atoms with Gasteiger partial charge in [-0.15, -0.1) is 0 Å². The number of pyridine rings is 2. The van der Waals surface area contributed by atoms with E-state index in [2.05, 4.69) is 9.97 Å². The molecule has 6 nitrogen and oxygen atoms in total. The normalized spacial score (nSPS) is 13.6. The molecule has 0 fully saturated rings. The van der Waals surface area contributed by atoms with Crippen molar-refractivity contribution in [1.82, 2.24) is 9.97 Å². The molecule has 104 valence electrons. The summed E-state index contributed by atoms with van der Waals surface area (Å²) >= 11 is 0. The number of nitrogens with zero attached hydrogens (tertiary/aromatic N) is 3. The van der Waals surface area contributed by atoms with E-state index in [4.69, 9.17) is 9.47 Å². The maximum Gasteiger partial charge on any atom is 0.216 e. The summed E-state index contributed by atoms with van der Waals surface area (Å²) < 4.78 is 10.7. The van der Waals surface area contributed by atoms with Gasteiger partial charge in [-0.05, 0) is 13.0 Å². The topological polar surface area (TPSA) is 67.7 Å². The van der Waals surface area contributed by atoms with E-state index < -0.39 is 0 Å². The van der Waals surface area contributed by atoms with Crippen LogP contribution < -0.4 is 14.4 Å². The number of hydrogen-bond acceptors (Lipinski definition) is 6. The van der Waals surface area contributed by atoms with E-state index in [1.54, 1.807) is 19.4 Å². The number of aryl methyl sites for hydroxylation is 1. The SMILES string of the molecule is COc1ncc(N2CCOc3cnc(O)cc32)cc1C. The van der Waals surface area contributed by atoms with Crippen LogP contribution in [0.25, 0.3) is 0 Å². The van der Waals surface area contributed by atoms with Crippen molar-refractivity contribution in [1.29, 1.82) is 0 Å². The zero-order valence-electron chi connectivity index (χ0n) is 11.3. The summed E-state index contributed by atoms with van der Waals surface area (Å²) in [5, 5.41) is 9.56. The second-order valence-electron chi connectivity index (χ2n) is 4.53. The molecule has 3 heterocycles. The molecular formula is C14H15N3O3. The lowest BCUT2D eigenvalue weighted by atomic mass is 10.2. The van der Waals surface area contributed by atoms with Crippen LogP contribution >= 0.6 is 0 Å². The van der Waals surface area contributed by atoms with Crippen LogP contribution in [0.15, 0.2) is 24.5 Å². The van der Waals surface area contributed by atoms with Gasteiger partial charge in [-0.25, -0.2) is 9.97 Å². The minimum atomic E-state index is -0.0301. The zero-order chi connectivity index (χ0) is 14.1. The van der Waals surface area contributed by atoms with Gasteiger partial charge in [-0.1, -0.05) is 0 Å². The van der Waals surface area contributed by atoms with Crippen LogP contribution in [0.4, 0.5) is 11.4 Å². The molecule has 1 aliphatic heterocycles. The first-order chi connectivity index (χ1) is 9.69. The van der Waals surface area contributed by atoms with Crippen molar-refractivity contribution >= 4 is 11.4 Å². The van der Waals surface area contributed by atoms with Crippen molar-refractivity contribution in [2.45, 2.75) is 6.92 Å². The first-order valence-electron chi connectivity index (χ1n) is 6.29. The van der Waals surface area contributed by atoms with Gasteiger partial charge >= 0.3 is 0 Å². The Bertz CT molecular complexity index is 646. The summed E-state index contributed by atoms with van der Waals surface area (Å²) in [4.78, 5) is 10.2. The number of fused-ring (bicyclic) bond motifs is 1. The van der Waals surface area contributed by atoms with E-state index >= 15 is 0 Å². The molecule has 1 N–H and O–H groups in total. The molecule has 2 aromatic heterocycles. The van der Waals surface area contributed by atoms with E-state index in [-0.39, 0.29) is 5.88 Å². The Morgan fingerprint density at radius 1 is 1.30 bits per heavy atom. The van der Waals surface area contributed by atoms with E-state index in [0.717, 1.165) is 16.9 Å². The second-order valence-corrected chi connectivity index (χ2v) is 4.53. The van der Waals surface area contributed by atoms with Crippen molar-refractivity contribution < 1.29 is 14.6 Å². The third kappa shape index (κ3) is 2.09. The summed E-state index contributed by atoms with van der Waals surface area (Å²) in [6.07, 6.45) is 3.28. The Hall–Kier alpha value is -2.50. The Morgan fingerprint density at radius 3 is 2.90 bits per heavy atom. The lowest BCUT2D eigenvalue weighted by Gasteiger charge is -2.31. The molecule has 0 spiro atoms. The van der Waals surface area contributed by atoms with Crippen LogP contribution in [0.1, 0.15) is 5.56 Å². The molecule has 3 rings (SSSR count). The van der Waals surface area contributed by atoms with Gasteiger partial charge in [-0.3, -0.25) is 0 Å². The quantitative estimate of drug-likeness (QED) is 0.903. The van der Waals surface area contributed by atoms with Crippen LogP contribution in [0.5, 0.6) is 17.5 Å². The third-order valence-corrected chi connectivity index (χ3v) is 3.22. The zero-order valence-corrected chi connectivity index (χ0v) is 11.3. The Balaban J connectivity index is 2.04. The number of aromatic hydroxyl groups is 1. The molecule has 0 saturated carbocycles. The van der Waals surface area contributed by atoms with Crippen molar-refractivity contribution in [3.63, 3.8) is 0 Å². The number of ether oxygens (including phenoxy) is 2. The molecule has 1 aliphatic rings. The Kier molecular flexibility index (Phi) is 3.06. The molecule has 6 heteroatoms. The van der Waals surface area contributed by atoms with E-state index in [1.807, 2.05) is 17.9 Å². The summed E-state index contributed by atoms with van der Waals surface area (Å²) in [6.45, 7) is 3.19. The van der Waals surface area contributed by atoms with Crippen LogP contribution in [-0.2, 0) is 0 Å². The molecule has 0 radical (unpaired) electrons. The summed E-state index contributed by atoms with van der Waals surface area (Å²) in [5.74, 6) is 1.24. The highest BCUT2D eigenvalue weighted by Crippen LogP contribution is 2.38. The Morgan fingerprint density at radius 2 is 2.15 bits per heavy atom.